The van der Waals surface area contributed by atoms with Crippen molar-refractivity contribution in [1.29, 1.82) is 0 Å². The van der Waals surface area contributed by atoms with Crippen molar-refractivity contribution in [2.45, 2.75) is 46.1 Å². The van der Waals surface area contributed by atoms with Crippen LogP contribution >= 0.6 is 0 Å². The van der Waals surface area contributed by atoms with E-state index in [1.807, 2.05) is 25.1 Å². The van der Waals surface area contributed by atoms with Crippen molar-refractivity contribution in [3.63, 3.8) is 0 Å². The number of methoxy groups -OCH3 is 2. The van der Waals surface area contributed by atoms with Gasteiger partial charge in [0.05, 0.1) is 26.5 Å². The normalized spacial score (nSPS) is 11.9. The lowest BCUT2D eigenvalue weighted by Gasteiger charge is -2.18. The predicted molar refractivity (Wildman–Crippen MR) is 125 cm³/mol. The van der Waals surface area contributed by atoms with Crippen molar-refractivity contribution in [1.82, 2.24) is 10.3 Å². The molecule has 0 saturated heterocycles. The summed E-state index contributed by atoms with van der Waals surface area (Å²) in [7, 11) is 3.22. The quantitative estimate of drug-likeness (QED) is 0.463. The third kappa shape index (κ3) is 6.13. The van der Waals surface area contributed by atoms with Crippen molar-refractivity contribution < 1.29 is 18.7 Å². The van der Waals surface area contributed by atoms with Crippen molar-refractivity contribution in [2.24, 2.45) is 5.92 Å². The monoisotopic (exact) mass is 436 g/mol. The molecule has 0 saturated carbocycles. The number of hydrogen-bond donors (Lipinski definition) is 1. The smallest absolute Gasteiger partial charge is 0.220 e. The molecule has 1 N–H and O–H groups in total. The molecule has 1 heterocycles. The summed E-state index contributed by atoms with van der Waals surface area (Å²) >= 11 is 0. The van der Waals surface area contributed by atoms with E-state index in [2.05, 4.69) is 48.4 Å². The van der Waals surface area contributed by atoms with E-state index in [-0.39, 0.29) is 18.4 Å². The Balaban J connectivity index is 1.56. The number of rotatable bonds is 10. The highest BCUT2D eigenvalue weighted by atomic mass is 16.5. The van der Waals surface area contributed by atoms with Gasteiger partial charge in [-0.05, 0) is 43.0 Å². The molecule has 0 radical (unpaired) electrons. The Labute approximate surface area is 190 Å². The van der Waals surface area contributed by atoms with E-state index in [4.69, 9.17) is 13.9 Å². The zero-order chi connectivity index (χ0) is 23.1. The van der Waals surface area contributed by atoms with Gasteiger partial charge >= 0.3 is 0 Å². The topological polar surface area (TPSA) is 73.6 Å². The summed E-state index contributed by atoms with van der Waals surface area (Å²) in [5.41, 5.74) is 3.15. The van der Waals surface area contributed by atoms with Crippen molar-refractivity contribution in [2.75, 3.05) is 14.2 Å². The van der Waals surface area contributed by atoms with Gasteiger partial charge in [-0.1, -0.05) is 38.1 Å². The molecular weight excluding hydrogens is 404 g/mol. The predicted octanol–water partition coefficient (Wildman–Crippen LogP) is 5.37. The zero-order valence-corrected chi connectivity index (χ0v) is 19.5. The molecule has 6 nitrogen and oxygen atoms in total. The number of amides is 1. The number of carbonyl (C=O) groups excluding carboxylic acids is 1. The minimum atomic E-state index is -0.225. The summed E-state index contributed by atoms with van der Waals surface area (Å²) < 4.78 is 16.6. The number of hydrogen-bond acceptors (Lipinski definition) is 5. The van der Waals surface area contributed by atoms with Gasteiger partial charge in [-0.2, -0.15) is 0 Å². The molecule has 0 unspecified atom stereocenters. The van der Waals surface area contributed by atoms with Gasteiger partial charge in [0.2, 0.25) is 5.91 Å². The molecule has 0 aliphatic rings. The Morgan fingerprint density at radius 3 is 2.47 bits per heavy atom. The molecule has 1 aromatic heterocycles. The van der Waals surface area contributed by atoms with Crippen molar-refractivity contribution >= 4 is 5.91 Å². The second-order valence-corrected chi connectivity index (χ2v) is 8.31. The third-order valence-corrected chi connectivity index (χ3v) is 5.28. The molecule has 0 spiro atoms. The Bertz CT molecular complexity index is 1020. The lowest BCUT2D eigenvalue weighted by Crippen LogP contribution is -2.27. The highest BCUT2D eigenvalue weighted by Crippen LogP contribution is 2.29. The first-order valence-electron chi connectivity index (χ1n) is 10.9. The van der Waals surface area contributed by atoms with Crippen LogP contribution in [0.3, 0.4) is 0 Å². The van der Waals surface area contributed by atoms with Gasteiger partial charge in [-0.15, -0.1) is 0 Å². The number of nitrogens with one attached hydrogen (secondary N) is 1. The summed E-state index contributed by atoms with van der Waals surface area (Å²) in [5.74, 6) is 3.22. The molecule has 32 heavy (non-hydrogen) atoms. The Hall–Kier alpha value is -3.28. The van der Waals surface area contributed by atoms with Crippen LogP contribution in [0.2, 0.25) is 0 Å². The molecule has 1 amide bonds. The Morgan fingerprint density at radius 1 is 1.06 bits per heavy atom. The maximum absolute atomic E-state index is 12.5. The fourth-order valence-corrected chi connectivity index (χ4v) is 3.63. The average molecular weight is 437 g/mol. The van der Waals surface area contributed by atoms with Gasteiger partial charge in [-0.3, -0.25) is 4.79 Å². The first-order chi connectivity index (χ1) is 15.4. The number of aromatic nitrogens is 1. The second-order valence-electron chi connectivity index (χ2n) is 8.31. The zero-order valence-electron chi connectivity index (χ0n) is 19.5. The van der Waals surface area contributed by atoms with Crippen LogP contribution in [-0.2, 0) is 17.6 Å². The SMILES string of the molecule is COc1ccc(OC)c([C@@H](C)NC(=O)CCc2ncc(-c3ccc(CC(C)C)cc3)o2)c1. The summed E-state index contributed by atoms with van der Waals surface area (Å²) in [6.07, 6.45) is 3.48. The highest BCUT2D eigenvalue weighted by Gasteiger charge is 2.16. The summed E-state index contributed by atoms with van der Waals surface area (Å²) in [5, 5.41) is 3.01. The lowest BCUT2D eigenvalue weighted by molar-refractivity contribution is -0.121. The van der Waals surface area contributed by atoms with Crippen molar-refractivity contribution in [3.05, 3.63) is 65.7 Å². The minimum absolute atomic E-state index is 0.0832. The summed E-state index contributed by atoms with van der Waals surface area (Å²) in [6.45, 7) is 6.34. The number of oxazole rings is 1. The molecule has 2 aromatic carbocycles. The molecule has 1 atom stereocenters. The number of benzene rings is 2. The van der Waals surface area contributed by atoms with Crippen LogP contribution in [0, 0.1) is 5.92 Å². The van der Waals surface area contributed by atoms with E-state index >= 15 is 0 Å². The van der Waals surface area contributed by atoms with E-state index in [0.717, 1.165) is 17.5 Å². The number of ether oxygens (including phenoxy) is 2. The molecule has 0 fully saturated rings. The molecule has 0 bridgehead atoms. The van der Waals surface area contributed by atoms with Crippen LogP contribution in [0.15, 0.2) is 53.1 Å². The first kappa shape index (κ1) is 23.4. The maximum atomic E-state index is 12.5. The molecule has 6 heteroatoms. The Kier molecular flexibility index (Phi) is 7.92. The molecule has 0 aliphatic carbocycles. The van der Waals surface area contributed by atoms with E-state index in [0.29, 0.717) is 35.5 Å². The fourth-order valence-electron chi connectivity index (χ4n) is 3.63. The highest BCUT2D eigenvalue weighted by molar-refractivity contribution is 5.76. The van der Waals surface area contributed by atoms with Gasteiger partial charge in [0.15, 0.2) is 11.7 Å². The average Bonchev–Trinajstić information content (AvgIpc) is 3.26. The van der Waals surface area contributed by atoms with Crippen LogP contribution in [0.25, 0.3) is 11.3 Å². The van der Waals surface area contributed by atoms with Crippen LogP contribution in [0.1, 0.15) is 50.3 Å². The van der Waals surface area contributed by atoms with Crippen LogP contribution in [0.4, 0.5) is 0 Å². The molecular formula is C26H32N2O4. The van der Waals surface area contributed by atoms with Crippen LogP contribution < -0.4 is 14.8 Å². The van der Waals surface area contributed by atoms with Gasteiger partial charge in [0, 0.05) is 24.0 Å². The van der Waals surface area contributed by atoms with Crippen molar-refractivity contribution in [3.8, 4) is 22.8 Å². The summed E-state index contributed by atoms with van der Waals surface area (Å²) in [6, 6.07) is 13.7. The van der Waals surface area contributed by atoms with E-state index < -0.39 is 0 Å². The number of aryl methyl sites for hydroxylation is 1. The third-order valence-electron chi connectivity index (χ3n) is 5.28. The molecule has 170 valence electrons. The van der Waals surface area contributed by atoms with Gasteiger partial charge in [0.1, 0.15) is 11.5 Å². The lowest BCUT2D eigenvalue weighted by atomic mass is 10.0. The van der Waals surface area contributed by atoms with Gasteiger partial charge in [0.25, 0.3) is 0 Å². The fraction of sp³-hybridized carbons (Fsp3) is 0.385. The largest absolute Gasteiger partial charge is 0.497 e. The van der Waals surface area contributed by atoms with Crippen LogP contribution in [0.5, 0.6) is 11.5 Å². The number of carbonyl (C=O) groups is 1. The summed E-state index contributed by atoms with van der Waals surface area (Å²) in [4.78, 5) is 16.8. The number of nitrogens with zero attached hydrogens (tertiary/aromatic N) is 1. The molecule has 3 rings (SSSR count). The second kappa shape index (κ2) is 10.8. The van der Waals surface area contributed by atoms with E-state index in [1.54, 1.807) is 20.4 Å². The first-order valence-corrected chi connectivity index (χ1v) is 10.9. The maximum Gasteiger partial charge on any atom is 0.220 e. The van der Waals surface area contributed by atoms with E-state index in [1.165, 1.54) is 5.56 Å². The standard InChI is InChI=1S/C26H32N2O4/c1-17(2)14-19-6-8-20(9-7-19)24-16-27-26(32-24)13-12-25(29)28-18(3)22-15-21(30-4)10-11-23(22)31-5/h6-11,15-18H,12-14H2,1-5H3,(H,28,29)/t18-/m1/s1. The minimum Gasteiger partial charge on any atom is -0.497 e. The molecule has 3 aromatic rings. The van der Waals surface area contributed by atoms with Crippen LogP contribution in [-0.4, -0.2) is 25.1 Å². The Morgan fingerprint density at radius 2 is 1.81 bits per heavy atom. The van der Waals surface area contributed by atoms with Gasteiger partial charge < -0.3 is 19.2 Å². The van der Waals surface area contributed by atoms with Gasteiger partial charge in [-0.25, -0.2) is 4.98 Å². The van der Waals surface area contributed by atoms with E-state index in [9.17, 15) is 4.79 Å². The molecule has 0 aliphatic heterocycles.